The number of anilines is 1. The highest BCUT2D eigenvalue weighted by Gasteiger charge is 2.40. The first-order valence-corrected chi connectivity index (χ1v) is 7.20. The molecule has 0 bridgehead atoms. The molecule has 0 aliphatic carbocycles. The van der Waals surface area contributed by atoms with Crippen molar-refractivity contribution in [1.82, 2.24) is 9.88 Å². The van der Waals surface area contributed by atoms with E-state index >= 15 is 0 Å². The molecule has 0 spiro atoms. The molecule has 0 saturated heterocycles. The van der Waals surface area contributed by atoms with Crippen molar-refractivity contribution in [2.75, 3.05) is 5.32 Å². The fourth-order valence-corrected chi connectivity index (χ4v) is 2.51. The Morgan fingerprint density at radius 1 is 1.09 bits per heavy atom. The summed E-state index contributed by atoms with van der Waals surface area (Å²) >= 11 is 0. The Balaban J connectivity index is 1.83. The summed E-state index contributed by atoms with van der Waals surface area (Å²) in [4.78, 5) is 42.2. The summed E-state index contributed by atoms with van der Waals surface area (Å²) in [5.74, 6) is -0.945. The van der Waals surface area contributed by atoms with Gasteiger partial charge in [-0.25, -0.2) is 4.98 Å². The number of pyridine rings is 1. The molecule has 0 saturated carbocycles. The predicted molar refractivity (Wildman–Crippen MR) is 84.0 cm³/mol. The lowest BCUT2D eigenvalue weighted by Crippen LogP contribution is -2.45. The first kappa shape index (κ1) is 14.9. The molecule has 6 nitrogen and oxygen atoms in total. The number of aromatic nitrogens is 1. The average Bonchev–Trinajstić information content (AvgIpc) is 2.81. The maximum atomic E-state index is 12.4. The summed E-state index contributed by atoms with van der Waals surface area (Å²) in [5, 5.41) is 2.66. The van der Waals surface area contributed by atoms with Crippen molar-refractivity contribution < 1.29 is 14.4 Å². The lowest BCUT2D eigenvalue weighted by atomic mass is 10.1. The van der Waals surface area contributed by atoms with Crippen LogP contribution in [0.15, 0.2) is 42.6 Å². The summed E-state index contributed by atoms with van der Waals surface area (Å²) in [7, 11) is 0. The van der Waals surface area contributed by atoms with E-state index in [2.05, 4.69) is 10.3 Å². The van der Waals surface area contributed by atoms with Gasteiger partial charge in [0.05, 0.1) is 11.1 Å². The van der Waals surface area contributed by atoms with Gasteiger partial charge in [-0.3, -0.25) is 19.3 Å². The zero-order valence-electron chi connectivity index (χ0n) is 12.7. The second-order valence-electron chi connectivity index (χ2n) is 5.36. The Labute approximate surface area is 133 Å². The van der Waals surface area contributed by atoms with E-state index in [4.69, 9.17) is 0 Å². The Kier molecular flexibility index (Phi) is 3.65. The van der Waals surface area contributed by atoms with Gasteiger partial charge in [-0.05, 0) is 37.6 Å². The van der Waals surface area contributed by atoms with E-state index in [1.165, 1.54) is 6.92 Å². The summed E-state index contributed by atoms with van der Waals surface area (Å²) in [6, 6.07) is 9.20. The van der Waals surface area contributed by atoms with Gasteiger partial charge in [-0.15, -0.1) is 0 Å². The van der Waals surface area contributed by atoms with E-state index in [1.54, 1.807) is 36.5 Å². The molecule has 6 heteroatoms. The number of rotatable bonds is 3. The lowest BCUT2D eigenvalue weighted by Gasteiger charge is -2.21. The van der Waals surface area contributed by atoms with Crippen LogP contribution in [0, 0.1) is 6.92 Å². The fourth-order valence-electron chi connectivity index (χ4n) is 2.51. The fraction of sp³-hybridized carbons (Fsp3) is 0.176. The molecule has 116 valence electrons. The van der Waals surface area contributed by atoms with Gasteiger partial charge >= 0.3 is 0 Å². The van der Waals surface area contributed by atoms with Crippen LogP contribution in [0.1, 0.15) is 33.2 Å². The molecule has 1 aliphatic heterocycles. The monoisotopic (exact) mass is 309 g/mol. The number of nitrogens with one attached hydrogen (secondary N) is 1. The van der Waals surface area contributed by atoms with Crippen molar-refractivity contribution >= 4 is 23.5 Å². The molecule has 3 amide bonds. The number of hydrogen-bond donors (Lipinski definition) is 1. The van der Waals surface area contributed by atoms with Crippen LogP contribution in [0.3, 0.4) is 0 Å². The molecule has 1 N–H and O–H groups in total. The van der Waals surface area contributed by atoms with E-state index in [-0.39, 0.29) is 0 Å². The van der Waals surface area contributed by atoms with Gasteiger partial charge in [0.1, 0.15) is 11.9 Å². The van der Waals surface area contributed by atoms with Crippen LogP contribution in [0.4, 0.5) is 5.82 Å². The lowest BCUT2D eigenvalue weighted by molar-refractivity contribution is -0.119. The molecule has 0 fully saturated rings. The van der Waals surface area contributed by atoms with E-state index in [9.17, 15) is 14.4 Å². The van der Waals surface area contributed by atoms with Crippen LogP contribution >= 0.6 is 0 Å². The molecular weight excluding hydrogens is 294 g/mol. The normalized spacial score (nSPS) is 14.6. The molecule has 3 rings (SSSR count). The van der Waals surface area contributed by atoms with E-state index in [0.29, 0.717) is 16.9 Å². The minimum absolute atomic E-state index is 0.325. The number of aryl methyl sites for hydroxylation is 1. The third kappa shape index (κ3) is 2.48. The standard InChI is InChI=1S/C17H15N3O3/c1-10-6-5-9-18-14(10)19-15(21)11(2)20-16(22)12-7-3-4-8-13(12)17(20)23/h3-9,11H,1-2H3,(H,18,19,21)/t11-/m1/s1. The number of carbonyl (C=O) groups is 3. The van der Waals surface area contributed by atoms with Crippen molar-refractivity contribution in [2.24, 2.45) is 0 Å². The molecule has 1 aromatic heterocycles. The average molecular weight is 309 g/mol. The van der Waals surface area contributed by atoms with Crippen molar-refractivity contribution in [3.8, 4) is 0 Å². The molecule has 0 radical (unpaired) electrons. The van der Waals surface area contributed by atoms with Gasteiger partial charge in [0, 0.05) is 6.20 Å². The molecule has 1 aliphatic rings. The zero-order valence-corrected chi connectivity index (χ0v) is 12.7. The minimum atomic E-state index is -0.927. The number of nitrogens with zero attached hydrogens (tertiary/aromatic N) is 2. The minimum Gasteiger partial charge on any atom is -0.309 e. The predicted octanol–water partition coefficient (Wildman–Crippen LogP) is 2.01. The third-order valence-electron chi connectivity index (χ3n) is 3.84. The van der Waals surface area contributed by atoms with E-state index in [0.717, 1.165) is 10.5 Å². The zero-order chi connectivity index (χ0) is 16.6. The number of hydrogen-bond acceptors (Lipinski definition) is 4. The molecule has 2 heterocycles. The second-order valence-corrected chi connectivity index (χ2v) is 5.36. The van der Waals surface area contributed by atoms with E-state index in [1.807, 2.05) is 13.0 Å². The Bertz CT molecular complexity index is 781. The number of imide groups is 1. The van der Waals surface area contributed by atoms with Gasteiger partial charge in [0.2, 0.25) is 5.91 Å². The maximum absolute atomic E-state index is 12.4. The van der Waals surface area contributed by atoms with Crippen LogP contribution in [-0.2, 0) is 4.79 Å². The van der Waals surface area contributed by atoms with Crippen LogP contribution in [0.5, 0.6) is 0 Å². The first-order valence-electron chi connectivity index (χ1n) is 7.20. The van der Waals surface area contributed by atoms with Gasteiger partial charge in [0.15, 0.2) is 0 Å². The van der Waals surface area contributed by atoms with Gasteiger partial charge in [0.25, 0.3) is 11.8 Å². The molecular formula is C17H15N3O3. The second kappa shape index (κ2) is 5.64. The highest BCUT2D eigenvalue weighted by Crippen LogP contribution is 2.25. The van der Waals surface area contributed by atoms with Crippen molar-refractivity contribution in [3.05, 3.63) is 59.3 Å². The molecule has 1 atom stereocenters. The summed E-state index contributed by atoms with van der Waals surface area (Å²) in [6.45, 7) is 3.34. The number of benzene rings is 1. The highest BCUT2D eigenvalue weighted by atomic mass is 16.2. The molecule has 23 heavy (non-hydrogen) atoms. The molecule has 0 unspecified atom stereocenters. The number of carbonyl (C=O) groups excluding carboxylic acids is 3. The largest absolute Gasteiger partial charge is 0.309 e. The Morgan fingerprint density at radius 3 is 2.26 bits per heavy atom. The number of amides is 3. The van der Waals surface area contributed by atoms with Gasteiger partial charge in [-0.1, -0.05) is 18.2 Å². The van der Waals surface area contributed by atoms with E-state index < -0.39 is 23.8 Å². The van der Waals surface area contributed by atoms with Crippen molar-refractivity contribution in [2.45, 2.75) is 19.9 Å². The van der Waals surface area contributed by atoms with Gasteiger partial charge < -0.3 is 5.32 Å². The van der Waals surface area contributed by atoms with Crippen LogP contribution in [-0.4, -0.2) is 33.6 Å². The molecule has 2 aromatic rings. The van der Waals surface area contributed by atoms with Crippen molar-refractivity contribution in [3.63, 3.8) is 0 Å². The maximum Gasteiger partial charge on any atom is 0.262 e. The quantitative estimate of drug-likeness (QED) is 0.880. The molecule has 1 aromatic carbocycles. The van der Waals surface area contributed by atoms with Crippen LogP contribution in [0.2, 0.25) is 0 Å². The smallest absolute Gasteiger partial charge is 0.262 e. The Morgan fingerprint density at radius 2 is 1.70 bits per heavy atom. The topological polar surface area (TPSA) is 79.4 Å². The third-order valence-corrected chi connectivity index (χ3v) is 3.84. The highest BCUT2D eigenvalue weighted by molar-refractivity contribution is 6.23. The van der Waals surface area contributed by atoms with Gasteiger partial charge in [-0.2, -0.15) is 0 Å². The van der Waals surface area contributed by atoms with Crippen molar-refractivity contribution in [1.29, 1.82) is 0 Å². The number of fused-ring (bicyclic) bond motifs is 1. The Hall–Kier alpha value is -3.02. The first-order chi connectivity index (χ1) is 11.0. The summed E-state index contributed by atoms with van der Waals surface area (Å²) < 4.78 is 0. The van der Waals surface area contributed by atoms with Crippen LogP contribution in [0.25, 0.3) is 0 Å². The SMILES string of the molecule is Cc1cccnc1NC(=O)[C@@H](C)N1C(=O)c2ccccc2C1=O. The van der Waals surface area contributed by atoms with Crippen LogP contribution < -0.4 is 5.32 Å². The summed E-state index contributed by atoms with van der Waals surface area (Å²) in [5.41, 5.74) is 1.45. The summed E-state index contributed by atoms with van der Waals surface area (Å²) in [6.07, 6.45) is 1.56.